The van der Waals surface area contributed by atoms with Gasteiger partial charge in [0.2, 0.25) is 5.91 Å². The van der Waals surface area contributed by atoms with Gasteiger partial charge in [-0.15, -0.1) is 11.8 Å². The highest BCUT2D eigenvalue weighted by Gasteiger charge is 2.10. The van der Waals surface area contributed by atoms with Crippen molar-refractivity contribution in [1.29, 1.82) is 5.26 Å². The minimum Gasteiger partial charge on any atom is -0.492 e. The van der Waals surface area contributed by atoms with Gasteiger partial charge in [0, 0.05) is 17.9 Å². The molecule has 0 saturated heterocycles. The van der Waals surface area contributed by atoms with E-state index in [-0.39, 0.29) is 5.91 Å². The first-order valence-corrected chi connectivity index (χ1v) is 9.71. The summed E-state index contributed by atoms with van der Waals surface area (Å²) in [5.41, 5.74) is 2.20. The number of nitriles is 1. The van der Waals surface area contributed by atoms with Crippen LogP contribution in [0.15, 0.2) is 41.4 Å². The van der Waals surface area contributed by atoms with Crippen LogP contribution in [-0.2, 0) is 11.2 Å². The van der Waals surface area contributed by atoms with Crippen LogP contribution in [-0.4, -0.2) is 23.3 Å². The number of aryl methyl sites for hydroxylation is 1. The lowest BCUT2D eigenvalue weighted by Crippen LogP contribution is -2.13. The average molecular weight is 369 g/mol. The SMILES string of the molecule is CCCc1ccc(C#N)c(SCCC(=O)Nc2ccccc2OCC)n1. The molecule has 1 heterocycles. The Morgan fingerprint density at radius 2 is 2.08 bits per heavy atom. The van der Waals surface area contributed by atoms with E-state index in [1.54, 1.807) is 6.07 Å². The van der Waals surface area contributed by atoms with Gasteiger partial charge < -0.3 is 10.1 Å². The molecule has 2 rings (SSSR count). The van der Waals surface area contributed by atoms with Gasteiger partial charge in [-0.2, -0.15) is 5.26 Å². The maximum atomic E-state index is 12.2. The summed E-state index contributed by atoms with van der Waals surface area (Å²) in [7, 11) is 0. The first-order valence-electron chi connectivity index (χ1n) is 8.72. The molecule has 0 aliphatic rings. The van der Waals surface area contributed by atoms with E-state index in [0.29, 0.717) is 40.8 Å². The van der Waals surface area contributed by atoms with Crippen LogP contribution in [0.25, 0.3) is 0 Å². The molecule has 6 heteroatoms. The summed E-state index contributed by atoms with van der Waals surface area (Å²) >= 11 is 1.44. The van der Waals surface area contributed by atoms with Crippen molar-refractivity contribution in [3.8, 4) is 11.8 Å². The third kappa shape index (κ3) is 5.78. The molecule has 0 saturated carbocycles. The van der Waals surface area contributed by atoms with E-state index in [0.717, 1.165) is 18.5 Å². The van der Waals surface area contributed by atoms with E-state index in [2.05, 4.69) is 23.3 Å². The summed E-state index contributed by atoms with van der Waals surface area (Å²) in [5, 5.41) is 12.8. The molecule has 0 fully saturated rings. The van der Waals surface area contributed by atoms with Gasteiger partial charge in [0.1, 0.15) is 16.8 Å². The average Bonchev–Trinajstić information content (AvgIpc) is 2.64. The van der Waals surface area contributed by atoms with Crippen molar-refractivity contribution in [3.63, 3.8) is 0 Å². The fourth-order valence-corrected chi connectivity index (χ4v) is 3.31. The highest BCUT2D eigenvalue weighted by Crippen LogP contribution is 2.25. The Kier molecular flexibility index (Phi) is 7.97. The van der Waals surface area contributed by atoms with Crippen LogP contribution in [0.4, 0.5) is 5.69 Å². The molecular weight excluding hydrogens is 346 g/mol. The predicted octanol–water partition coefficient (Wildman–Crippen LogP) is 4.43. The fraction of sp³-hybridized carbons (Fsp3) is 0.350. The third-order valence-electron chi connectivity index (χ3n) is 3.57. The number of nitrogens with zero attached hydrogens (tertiary/aromatic N) is 2. The molecule has 1 aromatic carbocycles. The number of para-hydroxylation sites is 2. The van der Waals surface area contributed by atoms with E-state index in [1.807, 2.05) is 37.3 Å². The Morgan fingerprint density at radius 1 is 1.27 bits per heavy atom. The molecular formula is C20H23N3O2S. The number of thioether (sulfide) groups is 1. The second-order valence-electron chi connectivity index (χ2n) is 5.59. The number of amides is 1. The number of rotatable bonds is 9. The Bertz CT molecular complexity index is 787. The number of nitrogens with one attached hydrogen (secondary N) is 1. The monoisotopic (exact) mass is 369 g/mol. The Labute approximate surface area is 158 Å². The Hall–Kier alpha value is -2.52. The van der Waals surface area contributed by atoms with Crippen molar-refractivity contribution >= 4 is 23.4 Å². The molecule has 0 radical (unpaired) electrons. The second-order valence-corrected chi connectivity index (χ2v) is 6.68. The number of benzene rings is 1. The third-order valence-corrected chi connectivity index (χ3v) is 4.57. The summed E-state index contributed by atoms with van der Waals surface area (Å²) in [6.45, 7) is 4.54. The zero-order chi connectivity index (χ0) is 18.8. The van der Waals surface area contributed by atoms with Crippen LogP contribution in [0.3, 0.4) is 0 Å². The maximum Gasteiger partial charge on any atom is 0.225 e. The molecule has 26 heavy (non-hydrogen) atoms. The molecule has 0 spiro atoms. The quantitative estimate of drug-likeness (QED) is 0.662. The molecule has 2 aromatic rings. The molecule has 0 bridgehead atoms. The lowest BCUT2D eigenvalue weighted by atomic mass is 10.2. The number of carbonyl (C=O) groups excluding carboxylic acids is 1. The van der Waals surface area contributed by atoms with E-state index in [9.17, 15) is 10.1 Å². The summed E-state index contributed by atoms with van der Waals surface area (Å²) in [5.74, 6) is 1.13. The van der Waals surface area contributed by atoms with Gasteiger partial charge in [0.05, 0.1) is 17.9 Å². The summed E-state index contributed by atoms with van der Waals surface area (Å²) in [4.78, 5) is 16.8. The maximum absolute atomic E-state index is 12.2. The van der Waals surface area contributed by atoms with Crippen LogP contribution >= 0.6 is 11.8 Å². The first-order chi connectivity index (χ1) is 12.7. The number of anilines is 1. The molecule has 1 N–H and O–H groups in total. The van der Waals surface area contributed by atoms with Crippen LogP contribution < -0.4 is 10.1 Å². The Morgan fingerprint density at radius 3 is 2.81 bits per heavy atom. The van der Waals surface area contributed by atoms with Crippen molar-refractivity contribution in [2.24, 2.45) is 0 Å². The largest absolute Gasteiger partial charge is 0.492 e. The van der Waals surface area contributed by atoms with Gasteiger partial charge in [-0.3, -0.25) is 4.79 Å². The Balaban J connectivity index is 1.93. The molecule has 5 nitrogen and oxygen atoms in total. The number of hydrogen-bond donors (Lipinski definition) is 1. The van der Waals surface area contributed by atoms with Crippen LogP contribution in [0, 0.1) is 11.3 Å². The number of ether oxygens (including phenoxy) is 1. The zero-order valence-electron chi connectivity index (χ0n) is 15.1. The molecule has 1 aromatic heterocycles. The second kappa shape index (κ2) is 10.5. The number of aromatic nitrogens is 1. The lowest BCUT2D eigenvalue weighted by Gasteiger charge is -2.11. The van der Waals surface area contributed by atoms with Gasteiger partial charge in [-0.25, -0.2) is 4.98 Å². The molecule has 0 atom stereocenters. The van der Waals surface area contributed by atoms with Crippen molar-refractivity contribution in [3.05, 3.63) is 47.7 Å². The summed E-state index contributed by atoms with van der Waals surface area (Å²) in [6, 6.07) is 13.2. The molecule has 1 amide bonds. The van der Waals surface area contributed by atoms with E-state index in [4.69, 9.17) is 4.74 Å². The van der Waals surface area contributed by atoms with Crippen molar-refractivity contribution < 1.29 is 9.53 Å². The van der Waals surface area contributed by atoms with Gasteiger partial charge in [-0.05, 0) is 37.6 Å². The van der Waals surface area contributed by atoms with E-state index >= 15 is 0 Å². The summed E-state index contributed by atoms with van der Waals surface area (Å²) in [6.07, 6.45) is 2.22. The standard InChI is InChI=1S/C20H23N3O2S/c1-3-7-16-11-10-15(14-21)20(22-16)26-13-12-19(24)23-17-8-5-6-9-18(17)25-4-2/h5-6,8-11H,3-4,7,12-13H2,1-2H3,(H,23,24). The summed E-state index contributed by atoms with van der Waals surface area (Å²) < 4.78 is 5.51. The molecule has 136 valence electrons. The predicted molar refractivity (Wildman–Crippen MR) is 105 cm³/mol. The lowest BCUT2D eigenvalue weighted by molar-refractivity contribution is -0.115. The normalized spacial score (nSPS) is 10.2. The minimum absolute atomic E-state index is 0.0899. The fourth-order valence-electron chi connectivity index (χ4n) is 2.37. The highest BCUT2D eigenvalue weighted by molar-refractivity contribution is 7.99. The highest BCUT2D eigenvalue weighted by atomic mass is 32.2. The smallest absolute Gasteiger partial charge is 0.225 e. The van der Waals surface area contributed by atoms with Crippen molar-refractivity contribution in [1.82, 2.24) is 4.98 Å². The molecule has 0 aliphatic carbocycles. The van der Waals surface area contributed by atoms with Gasteiger partial charge in [-0.1, -0.05) is 25.5 Å². The van der Waals surface area contributed by atoms with Gasteiger partial charge >= 0.3 is 0 Å². The van der Waals surface area contributed by atoms with Gasteiger partial charge in [0.25, 0.3) is 0 Å². The van der Waals surface area contributed by atoms with Gasteiger partial charge in [0.15, 0.2) is 0 Å². The van der Waals surface area contributed by atoms with Crippen LogP contribution in [0.1, 0.15) is 37.9 Å². The minimum atomic E-state index is -0.0899. The molecule has 0 aliphatic heterocycles. The zero-order valence-corrected chi connectivity index (χ0v) is 15.9. The molecule has 0 unspecified atom stereocenters. The van der Waals surface area contributed by atoms with Crippen LogP contribution in [0.5, 0.6) is 5.75 Å². The number of pyridine rings is 1. The van der Waals surface area contributed by atoms with E-state index < -0.39 is 0 Å². The van der Waals surface area contributed by atoms with Crippen LogP contribution in [0.2, 0.25) is 0 Å². The first kappa shape index (κ1) is 19.8. The van der Waals surface area contributed by atoms with E-state index in [1.165, 1.54) is 11.8 Å². The van der Waals surface area contributed by atoms with Crippen molar-refractivity contribution in [2.45, 2.75) is 38.1 Å². The topological polar surface area (TPSA) is 75.0 Å². The number of hydrogen-bond acceptors (Lipinski definition) is 5. The number of carbonyl (C=O) groups is 1. The van der Waals surface area contributed by atoms with Crippen molar-refractivity contribution in [2.75, 3.05) is 17.7 Å².